The first-order valence-corrected chi connectivity index (χ1v) is 9.87. The first kappa shape index (κ1) is 17.1. The van der Waals surface area contributed by atoms with E-state index >= 15 is 0 Å². The predicted molar refractivity (Wildman–Crippen MR) is 95.0 cm³/mol. The van der Waals surface area contributed by atoms with Crippen molar-refractivity contribution in [2.75, 3.05) is 31.7 Å². The fourth-order valence-electron chi connectivity index (χ4n) is 3.51. The first-order valence-electron chi connectivity index (χ1n) is 8.47. The van der Waals surface area contributed by atoms with Gasteiger partial charge in [-0.1, -0.05) is 30.3 Å². The van der Waals surface area contributed by atoms with Gasteiger partial charge in [0.1, 0.15) is 6.61 Å². The van der Waals surface area contributed by atoms with Gasteiger partial charge in [-0.3, -0.25) is 9.69 Å². The number of likely N-dealkylation sites (tertiary alicyclic amines) is 1. The highest BCUT2D eigenvalue weighted by atomic mass is 32.2. The van der Waals surface area contributed by atoms with Crippen LogP contribution in [-0.4, -0.2) is 59.5 Å². The molecule has 24 heavy (non-hydrogen) atoms. The summed E-state index contributed by atoms with van der Waals surface area (Å²) in [4.78, 5) is 28.2. The molecule has 130 valence electrons. The molecule has 2 saturated heterocycles. The molecule has 1 aromatic rings. The molecule has 0 radical (unpaired) electrons. The zero-order valence-electron chi connectivity index (χ0n) is 14.0. The third-order valence-corrected chi connectivity index (χ3v) is 5.44. The molecule has 1 atom stereocenters. The van der Waals surface area contributed by atoms with Crippen molar-refractivity contribution < 1.29 is 14.3 Å². The van der Waals surface area contributed by atoms with E-state index in [1.54, 1.807) is 11.8 Å². The molecule has 2 amide bonds. The summed E-state index contributed by atoms with van der Waals surface area (Å²) in [6, 6.07) is 10.2. The van der Waals surface area contributed by atoms with E-state index in [9.17, 15) is 9.59 Å². The van der Waals surface area contributed by atoms with Gasteiger partial charge in [-0.05, 0) is 24.7 Å². The highest BCUT2D eigenvalue weighted by Gasteiger charge is 2.40. The molecule has 2 aliphatic rings. The van der Waals surface area contributed by atoms with E-state index in [-0.39, 0.29) is 24.1 Å². The van der Waals surface area contributed by atoms with Crippen LogP contribution in [-0.2, 0) is 9.53 Å². The van der Waals surface area contributed by atoms with Gasteiger partial charge in [0, 0.05) is 31.3 Å². The van der Waals surface area contributed by atoms with Crippen LogP contribution in [0, 0.1) is 0 Å². The van der Waals surface area contributed by atoms with Crippen LogP contribution in [0.4, 0.5) is 4.79 Å². The maximum Gasteiger partial charge on any atom is 0.410 e. The van der Waals surface area contributed by atoms with Crippen molar-refractivity contribution in [2.24, 2.45) is 0 Å². The lowest BCUT2D eigenvalue weighted by Crippen LogP contribution is -2.47. The Balaban J connectivity index is 1.62. The Morgan fingerprint density at radius 1 is 1.25 bits per heavy atom. The number of amides is 2. The van der Waals surface area contributed by atoms with Crippen molar-refractivity contribution in [3.8, 4) is 0 Å². The third-order valence-electron chi connectivity index (χ3n) is 4.83. The van der Waals surface area contributed by atoms with E-state index in [1.807, 2.05) is 46.4 Å². The van der Waals surface area contributed by atoms with Gasteiger partial charge in [0.25, 0.3) is 0 Å². The Bertz CT molecular complexity index is 573. The van der Waals surface area contributed by atoms with Crippen LogP contribution in [0.3, 0.4) is 0 Å². The standard InChI is InChI=1S/C18H24N2O3S/c1-24-12-9-17(21)19-10-7-15(8-11-19)20-16(13-23-18(20)22)14-5-3-2-4-6-14/h2-6,15-16H,7-13H2,1H3/t16-/m0/s1. The van der Waals surface area contributed by atoms with Gasteiger partial charge in [0.05, 0.1) is 6.04 Å². The molecule has 2 heterocycles. The average molecular weight is 348 g/mol. The Labute approximate surface area is 147 Å². The quantitative estimate of drug-likeness (QED) is 0.821. The first-order chi connectivity index (χ1) is 11.7. The second kappa shape index (κ2) is 7.92. The molecule has 0 aromatic heterocycles. The summed E-state index contributed by atoms with van der Waals surface area (Å²) in [6.07, 6.45) is 4.04. The number of thioether (sulfide) groups is 1. The smallest absolute Gasteiger partial charge is 0.410 e. The van der Waals surface area contributed by atoms with Gasteiger partial charge in [0.15, 0.2) is 0 Å². The second-order valence-corrected chi connectivity index (χ2v) is 7.25. The summed E-state index contributed by atoms with van der Waals surface area (Å²) in [7, 11) is 0. The van der Waals surface area contributed by atoms with Crippen molar-refractivity contribution >= 4 is 23.8 Å². The van der Waals surface area contributed by atoms with Crippen molar-refractivity contribution in [3.05, 3.63) is 35.9 Å². The summed E-state index contributed by atoms with van der Waals surface area (Å²) < 4.78 is 5.32. The zero-order chi connectivity index (χ0) is 16.9. The van der Waals surface area contributed by atoms with E-state index in [4.69, 9.17) is 4.74 Å². The lowest BCUT2D eigenvalue weighted by Gasteiger charge is -2.38. The van der Waals surface area contributed by atoms with Crippen LogP contribution < -0.4 is 0 Å². The highest BCUT2D eigenvalue weighted by Crippen LogP contribution is 2.33. The maximum atomic E-state index is 12.2. The van der Waals surface area contributed by atoms with Crippen LogP contribution in [0.2, 0.25) is 0 Å². The molecule has 2 fully saturated rings. The molecule has 0 spiro atoms. The Kier molecular flexibility index (Phi) is 5.66. The number of carbonyl (C=O) groups excluding carboxylic acids is 2. The van der Waals surface area contributed by atoms with Crippen molar-refractivity contribution in [1.82, 2.24) is 9.80 Å². The van der Waals surface area contributed by atoms with E-state index in [1.165, 1.54) is 0 Å². The molecule has 2 aliphatic heterocycles. The summed E-state index contributed by atoms with van der Waals surface area (Å²) in [5, 5.41) is 0. The number of benzene rings is 1. The Hall–Kier alpha value is -1.69. The van der Waals surface area contributed by atoms with Crippen LogP contribution in [0.5, 0.6) is 0 Å². The Morgan fingerprint density at radius 2 is 1.96 bits per heavy atom. The number of hydrogen-bond acceptors (Lipinski definition) is 4. The van der Waals surface area contributed by atoms with E-state index < -0.39 is 0 Å². The summed E-state index contributed by atoms with van der Waals surface area (Å²) in [5.41, 5.74) is 1.11. The number of rotatable bonds is 5. The van der Waals surface area contributed by atoms with E-state index in [2.05, 4.69) is 0 Å². The number of carbonyl (C=O) groups is 2. The molecule has 1 aromatic carbocycles. The van der Waals surface area contributed by atoms with Crippen LogP contribution in [0.15, 0.2) is 30.3 Å². The summed E-state index contributed by atoms with van der Waals surface area (Å²) in [5.74, 6) is 1.10. The molecule has 0 unspecified atom stereocenters. The molecule has 6 heteroatoms. The van der Waals surface area contributed by atoms with Gasteiger partial charge >= 0.3 is 6.09 Å². The average Bonchev–Trinajstić information content (AvgIpc) is 3.02. The predicted octanol–water partition coefficient (Wildman–Crippen LogP) is 2.92. The monoisotopic (exact) mass is 348 g/mol. The van der Waals surface area contributed by atoms with Gasteiger partial charge in [-0.25, -0.2) is 4.79 Å². The molecule has 5 nitrogen and oxygen atoms in total. The Morgan fingerprint density at radius 3 is 2.62 bits per heavy atom. The summed E-state index contributed by atoms with van der Waals surface area (Å²) in [6.45, 7) is 1.86. The van der Waals surface area contributed by atoms with Gasteiger partial charge < -0.3 is 9.64 Å². The van der Waals surface area contributed by atoms with Crippen molar-refractivity contribution in [3.63, 3.8) is 0 Å². The minimum atomic E-state index is -0.226. The van der Waals surface area contributed by atoms with Crippen molar-refractivity contribution in [2.45, 2.75) is 31.3 Å². The number of piperidine rings is 1. The van der Waals surface area contributed by atoms with Gasteiger partial charge in [0.2, 0.25) is 5.91 Å². The third kappa shape index (κ3) is 3.69. The minimum absolute atomic E-state index is 0.0116. The van der Waals surface area contributed by atoms with Gasteiger partial charge in [-0.2, -0.15) is 11.8 Å². The SMILES string of the molecule is CSCCC(=O)N1CCC(N2C(=O)OC[C@H]2c2ccccc2)CC1. The fourth-order valence-corrected chi connectivity index (χ4v) is 3.89. The summed E-state index contributed by atoms with van der Waals surface area (Å²) >= 11 is 1.70. The molecule has 3 rings (SSSR count). The fraction of sp³-hybridized carbons (Fsp3) is 0.556. The highest BCUT2D eigenvalue weighted by molar-refractivity contribution is 7.98. The number of hydrogen-bond donors (Lipinski definition) is 0. The number of ether oxygens (including phenoxy) is 1. The van der Waals surface area contributed by atoms with Gasteiger partial charge in [-0.15, -0.1) is 0 Å². The largest absolute Gasteiger partial charge is 0.447 e. The van der Waals surface area contributed by atoms with E-state index in [0.717, 1.165) is 37.2 Å². The molecular weight excluding hydrogens is 324 g/mol. The van der Waals surface area contributed by atoms with Crippen LogP contribution in [0.25, 0.3) is 0 Å². The second-order valence-electron chi connectivity index (χ2n) is 6.27. The minimum Gasteiger partial charge on any atom is -0.447 e. The lowest BCUT2D eigenvalue weighted by atomic mass is 9.99. The van der Waals surface area contributed by atoms with E-state index in [0.29, 0.717) is 13.0 Å². The molecular formula is C18H24N2O3S. The lowest BCUT2D eigenvalue weighted by molar-refractivity contribution is -0.132. The molecule has 0 saturated carbocycles. The molecule has 0 aliphatic carbocycles. The number of cyclic esters (lactones) is 1. The molecule has 0 bridgehead atoms. The normalized spacial score (nSPS) is 21.9. The van der Waals surface area contributed by atoms with Crippen molar-refractivity contribution in [1.29, 1.82) is 0 Å². The topological polar surface area (TPSA) is 49.9 Å². The number of nitrogens with zero attached hydrogens (tertiary/aromatic N) is 2. The molecule has 0 N–H and O–H groups in total. The van der Waals surface area contributed by atoms with Crippen LogP contribution >= 0.6 is 11.8 Å². The zero-order valence-corrected chi connectivity index (χ0v) is 14.8. The van der Waals surface area contributed by atoms with Crippen LogP contribution in [0.1, 0.15) is 30.9 Å². The maximum absolute atomic E-state index is 12.2.